The van der Waals surface area contributed by atoms with Crippen LogP contribution >= 0.6 is 0 Å². The van der Waals surface area contributed by atoms with Crippen LogP contribution in [0.2, 0.25) is 0 Å². The summed E-state index contributed by atoms with van der Waals surface area (Å²) in [5, 5.41) is 8.31. The number of pyridine rings is 1. The fourth-order valence-electron chi connectivity index (χ4n) is 5.92. The third-order valence-electron chi connectivity index (χ3n) is 7.87. The number of hydrogen-bond donors (Lipinski definition) is 1. The van der Waals surface area contributed by atoms with E-state index in [0.717, 1.165) is 62.1 Å². The summed E-state index contributed by atoms with van der Waals surface area (Å²) in [6, 6.07) is 10.00. The number of anilines is 2. The fraction of sp³-hybridized carbons (Fsp3) is 0.444. The molecule has 1 aromatic carbocycles. The average Bonchev–Trinajstić information content (AvgIpc) is 3.52. The molecule has 2 saturated heterocycles. The second-order valence-corrected chi connectivity index (χ2v) is 10.2. The van der Waals surface area contributed by atoms with Gasteiger partial charge >= 0.3 is 0 Å². The molecule has 1 amide bonds. The number of nitrogen functional groups attached to an aromatic ring is 1. The first kappa shape index (κ1) is 22.8. The Labute approximate surface area is 210 Å². The van der Waals surface area contributed by atoms with Gasteiger partial charge in [0.1, 0.15) is 11.5 Å². The Hall–Kier alpha value is -3.59. The zero-order valence-corrected chi connectivity index (χ0v) is 20.3. The second kappa shape index (κ2) is 9.46. The van der Waals surface area contributed by atoms with Crippen LogP contribution in [0, 0.1) is 0 Å². The van der Waals surface area contributed by atoms with Crippen LogP contribution in [-0.4, -0.2) is 62.2 Å². The highest BCUT2D eigenvalue weighted by Crippen LogP contribution is 2.36. The van der Waals surface area contributed by atoms with Crippen LogP contribution in [0.4, 0.5) is 11.5 Å². The first-order valence-corrected chi connectivity index (χ1v) is 12.9. The van der Waals surface area contributed by atoms with E-state index < -0.39 is 0 Å². The number of aryl methyl sites for hydroxylation is 1. The highest BCUT2D eigenvalue weighted by molar-refractivity contribution is 5.98. The first-order valence-electron chi connectivity index (χ1n) is 12.9. The van der Waals surface area contributed by atoms with Gasteiger partial charge in [0.25, 0.3) is 0 Å². The van der Waals surface area contributed by atoms with Crippen LogP contribution in [0.1, 0.15) is 65.2 Å². The maximum absolute atomic E-state index is 13.0. The fourth-order valence-corrected chi connectivity index (χ4v) is 5.92. The summed E-state index contributed by atoms with van der Waals surface area (Å²) < 4.78 is 1.69. The number of carbonyl (C=O) groups excluding carboxylic acids is 2. The Morgan fingerprint density at radius 3 is 2.81 bits per heavy atom. The molecule has 186 valence electrons. The van der Waals surface area contributed by atoms with Gasteiger partial charge in [0.05, 0.1) is 18.8 Å². The lowest BCUT2D eigenvalue weighted by molar-refractivity contribution is -0.127. The molecule has 2 atom stereocenters. The van der Waals surface area contributed by atoms with Crippen molar-refractivity contribution >= 4 is 23.2 Å². The van der Waals surface area contributed by atoms with Gasteiger partial charge in [0.15, 0.2) is 5.78 Å². The van der Waals surface area contributed by atoms with Crippen LogP contribution < -0.4 is 10.6 Å². The smallest absolute Gasteiger partial charge is 0.244 e. The molecule has 2 aliphatic heterocycles. The molecule has 1 aliphatic carbocycles. The predicted octanol–water partition coefficient (Wildman–Crippen LogP) is 2.81. The number of nitrogens with zero attached hydrogens (tertiary/aromatic N) is 6. The lowest BCUT2D eigenvalue weighted by Gasteiger charge is -2.43. The van der Waals surface area contributed by atoms with E-state index >= 15 is 0 Å². The van der Waals surface area contributed by atoms with Crippen molar-refractivity contribution in [3.8, 4) is 0 Å². The van der Waals surface area contributed by atoms with Gasteiger partial charge in [-0.3, -0.25) is 14.5 Å². The monoisotopic (exact) mass is 485 g/mol. The largest absolute Gasteiger partial charge is 0.384 e. The Bertz CT molecular complexity index is 1290. The summed E-state index contributed by atoms with van der Waals surface area (Å²) in [5.74, 6) is 0.885. The number of Topliss-reactive ketones (excluding diaryl/α,β-unsaturated/α-hetero) is 1. The van der Waals surface area contributed by atoms with Crippen molar-refractivity contribution in [1.82, 2.24) is 24.9 Å². The van der Waals surface area contributed by atoms with Crippen LogP contribution in [0.5, 0.6) is 0 Å². The number of amides is 1. The molecule has 9 heteroatoms. The molecule has 0 radical (unpaired) electrons. The van der Waals surface area contributed by atoms with Crippen LogP contribution in [-0.2, 0) is 17.8 Å². The van der Waals surface area contributed by atoms with E-state index in [1.54, 1.807) is 17.1 Å². The highest BCUT2D eigenvalue weighted by atomic mass is 16.2. The molecule has 2 N–H and O–H groups in total. The normalized spacial score (nSPS) is 21.9. The van der Waals surface area contributed by atoms with Gasteiger partial charge < -0.3 is 10.6 Å². The van der Waals surface area contributed by atoms with E-state index in [1.165, 1.54) is 12.0 Å². The minimum Gasteiger partial charge on any atom is -0.384 e. The quantitative estimate of drug-likeness (QED) is 0.535. The SMILES string of the molecule is Nc1cc2c(cn1)C(CC(=O)c1cn(Cc3ccc(N4CCN5CCCCC5C4=O)cc3)nn1)CC2. The van der Waals surface area contributed by atoms with Crippen molar-refractivity contribution in [1.29, 1.82) is 0 Å². The minimum atomic E-state index is -0.00774. The molecule has 2 fully saturated rings. The van der Waals surface area contributed by atoms with Gasteiger partial charge in [0.2, 0.25) is 5.91 Å². The molecule has 0 saturated carbocycles. The summed E-state index contributed by atoms with van der Waals surface area (Å²) in [6.45, 7) is 3.22. The molecular formula is C27H31N7O2. The van der Waals surface area contributed by atoms with Gasteiger partial charge in [-0.2, -0.15) is 0 Å². The van der Waals surface area contributed by atoms with Crippen LogP contribution in [0.15, 0.2) is 42.7 Å². The Morgan fingerprint density at radius 2 is 1.94 bits per heavy atom. The lowest BCUT2D eigenvalue weighted by atomic mass is 9.96. The van der Waals surface area contributed by atoms with Gasteiger partial charge in [-0.1, -0.05) is 23.8 Å². The van der Waals surface area contributed by atoms with Crippen molar-refractivity contribution in [3.05, 3.63) is 65.1 Å². The molecule has 3 aromatic rings. The van der Waals surface area contributed by atoms with Crippen molar-refractivity contribution in [3.63, 3.8) is 0 Å². The summed E-state index contributed by atoms with van der Waals surface area (Å²) in [6.07, 6.45) is 9.04. The third-order valence-corrected chi connectivity index (χ3v) is 7.87. The first-order chi connectivity index (χ1) is 17.5. The molecule has 4 heterocycles. The van der Waals surface area contributed by atoms with E-state index in [2.05, 4.69) is 20.2 Å². The number of hydrogen-bond acceptors (Lipinski definition) is 7. The molecule has 2 aromatic heterocycles. The maximum Gasteiger partial charge on any atom is 0.244 e. The average molecular weight is 486 g/mol. The number of aromatic nitrogens is 4. The second-order valence-electron chi connectivity index (χ2n) is 10.2. The predicted molar refractivity (Wildman–Crippen MR) is 136 cm³/mol. The van der Waals surface area contributed by atoms with Gasteiger partial charge in [-0.15, -0.1) is 5.10 Å². The number of fused-ring (bicyclic) bond motifs is 2. The number of nitrogens with two attached hydrogens (primary N) is 1. The van der Waals surface area contributed by atoms with Crippen LogP contribution in [0.3, 0.4) is 0 Å². The van der Waals surface area contributed by atoms with Crippen molar-refractivity contribution in [2.24, 2.45) is 0 Å². The number of piperidine rings is 1. The van der Waals surface area contributed by atoms with E-state index in [-0.39, 0.29) is 23.7 Å². The third kappa shape index (κ3) is 4.39. The number of rotatable bonds is 6. The highest BCUT2D eigenvalue weighted by Gasteiger charge is 2.36. The van der Waals surface area contributed by atoms with Crippen molar-refractivity contribution < 1.29 is 9.59 Å². The van der Waals surface area contributed by atoms with E-state index in [0.29, 0.717) is 24.5 Å². The zero-order chi connectivity index (χ0) is 24.6. The van der Waals surface area contributed by atoms with Gasteiger partial charge in [-0.25, -0.2) is 9.67 Å². The molecule has 2 unspecified atom stereocenters. The number of ketones is 1. The minimum absolute atomic E-state index is 0.00774. The molecule has 3 aliphatic rings. The van der Waals surface area contributed by atoms with Crippen molar-refractivity contribution in [2.45, 2.75) is 57.0 Å². The lowest BCUT2D eigenvalue weighted by Crippen LogP contribution is -2.58. The molecule has 0 bridgehead atoms. The zero-order valence-electron chi connectivity index (χ0n) is 20.3. The summed E-state index contributed by atoms with van der Waals surface area (Å²) in [7, 11) is 0. The number of benzene rings is 1. The molecule has 36 heavy (non-hydrogen) atoms. The number of carbonyl (C=O) groups is 2. The molecule has 0 spiro atoms. The van der Waals surface area contributed by atoms with E-state index in [1.807, 2.05) is 35.2 Å². The summed E-state index contributed by atoms with van der Waals surface area (Å²) in [4.78, 5) is 34.4. The van der Waals surface area contributed by atoms with E-state index in [9.17, 15) is 9.59 Å². The maximum atomic E-state index is 13.0. The standard InChI is InChI=1S/C27H31N7O2/c28-26-14-20-7-6-19(22(20)15-29-26)13-25(35)23-17-33(31-30-23)16-18-4-8-21(9-5-18)34-12-11-32-10-2-1-3-24(32)27(34)36/h4-5,8-9,14-15,17,19,24H,1-3,6-7,10-13,16H2,(H2,28,29). The molecular weight excluding hydrogens is 454 g/mol. The molecule has 6 rings (SSSR count). The Balaban J connectivity index is 1.08. The van der Waals surface area contributed by atoms with Gasteiger partial charge in [-0.05, 0) is 73.0 Å². The van der Waals surface area contributed by atoms with Crippen LogP contribution in [0.25, 0.3) is 0 Å². The topological polar surface area (TPSA) is 110 Å². The summed E-state index contributed by atoms with van der Waals surface area (Å²) in [5.41, 5.74) is 10.5. The number of piperazine rings is 1. The Kier molecular flexibility index (Phi) is 6.00. The Morgan fingerprint density at radius 1 is 1.08 bits per heavy atom. The summed E-state index contributed by atoms with van der Waals surface area (Å²) >= 11 is 0. The van der Waals surface area contributed by atoms with E-state index in [4.69, 9.17) is 5.73 Å². The van der Waals surface area contributed by atoms with Crippen molar-refractivity contribution in [2.75, 3.05) is 30.3 Å². The molecule has 9 nitrogen and oxygen atoms in total. The van der Waals surface area contributed by atoms with Gasteiger partial charge in [0, 0.05) is 31.4 Å².